The van der Waals surface area contributed by atoms with Crippen molar-refractivity contribution in [2.75, 3.05) is 13.2 Å². The molecule has 0 rings (SSSR count). The fourth-order valence-corrected chi connectivity index (χ4v) is 1.63. The van der Waals surface area contributed by atoms with E-state index in [0.717, 1.165) is 19.6 Å². The molecule has 0 aromatic rings. The second-order valence-electron chi connectivity index (χ2n) is 2.92. The van der Waals surface area contributed by atoms with E-state index >= 15 is 0 Å². The normalized spacial score (nSPS) is 9.82. The third kappa shape index (κ3) is 13.2. The van der Waals surface area contributed by atoms with Gasteiger partial charge in [-0.3, -0.25) is 4.70 Å². The summed E-state index contributed by atoms with van der Waals surface area (Å²) in [7, 11) is -0.00170. The van der Waals surface area contributed by atoms with Gasteiger partial charge in [-0.15, -0.1) is 0 Å². The molecule has 0 aromatic heterocycles. The van der Waals surface area contributed by atoms with E-state index in [1.807, 2.05) is 0 Å². The number of halogens is 1. The van der Waals surface area contributed by atoms with Gasteiger partial charge in [0.05, 0.1) is 0 Å². The van der Waals surface area contributed by atoms with Crippen LogP contribution in [0.3, 0.4) is 0 Å². The standard InChI is InChI=1S/C8H19OSi.FH/c1-4-6-9-7-5-8-10(2)3;/h4-8H2,1-3H3;1H. The number of ether oxygens (including phenoxy) is 1. The Balaban J connectivity index is 0. The van der Waals surface area contributed by atoms with E-state index < -0.39 is 0 Å². The Labute approximate surface area is 71.1 Å². The molecule has 0 heterocycles. The highest BCUT2D eigenvalue weighted by Gasteiger charge is 1.94. The molecule has 0 saturated heterocycles. The van der Waals surface area contributed by atoms with Gasteiger partial charge in [-0.1, -0.05) is 26.1 Å². The van der Waals surface area contributed by atoms with Crippen molar-refractivity contribution in [2.24, 2.45) is 0 Å². The van der Waals surface area contributed by atoms with Crippen LogP contribution in [0.1, 0.15) is 19.8 Å². The SMILES string of the molecule is CCCOCCC[Si](C)C.F. The molecular formula is C8H20FOSi. The third-order valence-electron chi connectivity index (χ3n) is 1.31. The maximum Gasteiger partial charge on any atom is 0.0463 e. The largest absolute Gasteiger partial charge is 0.381 e. The highest BCUT2D eigenvalue weighted by Crippen LogP contribution is 1.97. The van der Waals surface area contributed by atoms with E-state index in [2.05, 4.69) is 20.0 Å². The van der Waals surface area contributed by atoms with E-state index in [1.165, 1.54) is 12.5 Å². The van der Waals surface area contributed by atoms with Gasteiger partial charge in [-0.2, -0.15) is 0 Å². The quantitative estimate of drug-likeness (QED) is 0.450. The summed E-state index contributed by atoms with van der Waals surface area (Å²) in [4.78, 5) is 0. The molecule has 0 unspecified atom stereocenters. The molecule has 0 spiro atoms. The summed E-state index contributed by atoms with van der Waals surface area (Å²) in [5.41, 5.74) is 0. The Morgan fingerprint density at radius 3 is 2.27 bits per heavy atom. The van der Waals surface area contributed by atoms with E-state index in [4.69, 9.17) is 4.74 Å². The summed E-state index contributed by atoms with van der Waals surface area (Å²) in [6.45, 7) is 8.77. The Morgan fingerprint density at radius 2 is 1.82 bits per heavy atom. The summed E-state index contributed by atoms with van der Waals surface area (Å²) in [5, 5.41) is 0. The molecule has 11 heavy (non-hydrogen) atoms. The van der Waals surface area contributed by atoms with Gasteiger partial charge in [0.2, 0.25) is 0 Å². The van der Waals surface area contributed by atoms with Crippen LogP contribution in [-0.2, 0) is 4.74 Å². The van der Waals surface area contributed by atoms with Crippen molar-refractivity contribution < 1.29 is 9.44 Å². The Hall–Kier alpha value is 0.107. The van der Waals surface area contributed by atoms with Crippen LogP contribution >= 0.6 is 0 Å². The maximum absolute atomic E-state index is 5.35. The van der Waals surface area contributed by atoms with Gasteiger partial charge in [0, 0.05) is 22.0 Å². The molecule has 0 aliphatic rings. The van der Waals surface area contributed by atoms with Crippen LogP contribution in [0, 0.1) is 0 Å². The zero-order chi connectivity index (χ0) is 7.82. The van der Waals surface area contributed by atoms with Crippen molar-refractivity contribution in [3.63, 3.8) is 0 Å². The van der Waals surface area contributed by atoms with Crippen LogP contribution in [-0.4, -0.2) is 22.0 Å². The first-order valence-corrected chi connectivity index (χ1v) is 6.85. The van der Waals surface area contributed by atoms with Crippen LogP contribution in [0.2, 0.25) is 19.1 Å². The van der Waals surface area contributed by atoms with Crippen LogP contribution < -0.4 is 0 Å². The predicted molar refractivity (Wildman–Crippen MR) is 50.5 cm³/mol. The van der Waals surface area contributed by atoms with E-state index in [-0.39, 0.29) is 13.5 Å². The summed E-state index contributed by atoms with van der Waals surface area (Å²) >= 11 is 0. The van der Waals surface area contributed by atoms with Gasteiger partial charge >= 0.3 is 0 Å². The molecular weight excluding hydrogens is 159 g/mol. The summed E-state index contributed by atoms with van der Waals surface area (Å²) in [6.07, 6.45) is 2.41. The molecule has 69 valence electrons. The first-order chi connectivity index (χ1) is 4.77. The van der Waals surface area contributed by atoms with E-state index in [9.17, 15) is 0 Å². The van der Waals surface area contributed by atoms with Crippen molar-refractivity contribution in [3.8, 4) is 0 Å². The van der Waals surface area contributed by atoms with Crippen molar-refractivity contribution in [1.82, 2.24) is 0 Å². The fraction of sp³-hybridized carbons (Fsp3) is 1.00. The molecule has 0 aromatic carbocycles. The average molecular weight is 179 g/mol. The van der Waals surface area contributed by atoms with Gasteiger partial charge < -0.3 is 4.74 Å². The number of hydrogen-bond acceptors (Lipinski definition) is 1. The first-order valence-electron chi connectivity index (χ1n) is 4.14. The minimum absolute atomic E-state index is 0. The number of hydrogen-bond donors (Lipinski definition) is 0. The Morgan fingerprint density at radius 1 is 1.18 bits per heavy atom. The van der Waals surface area contributed by atoms with Gasteiger partial charge in [-0.25, -0.2) is 0 Å². The lowest BCUT2D eigenvalue weighted by Gasteiger charge is -2.02. The van der Waals surface area contributed by atoms with Crippen LogP contribution in [0.4, 0.5) is 4.70 Å². The maximum atomic E-state index is 5.35. The molecule has 3 heteroatoms. The van der Waals surface area contributed by atoms with Gasteiger partial charge in [0.25, 0.3) is 0 Å². The second kappa shape index (κ2) is 10.1. The molecule has 0 amide bonds. The minimum atomic E-state index is -0.00170. The molecule has 0 fully saturated rings. The molecule has 0 aliphatic carbocycles. The lowest BCUT2D eigenvalue weighted by atomic mass is 10.5. The average Bonchev–Trinajstić information content (AvgIpc) is 1.87. The summed E-state index contributed by atoms with van der Waals surface area (Å²) in [5.74, 6) is 0. The van der Waals surface area contributed by atoms with Crippen LogP contribution in [0.25, 0.3) is 0 Å². The van der Waals surface area contributed by atoms with Gasteiger partial charge in [-0.05, 0) is 12.8 Å². The molecule has 0 N–H and O–H groups in total. The highest BCUT2D eigenvalue weighted by atomic mass is 28.3. The lowest BCUT2D eigenvalue weighted by molar-refractivity contribution is 0.135. The Kier molecular flexibility index (Phi) is 12.6. The molecule has 0 saturated carbocycles. The van der Waals surface area contributed by atoms with Crippen molar-refractivity contribution in [3.05, 3.63) is 0 Å². The third-order valence-corrected chi connectivity index (χ3v) is 2.67. The van der Waals surface area contributed by atoms with Crippen molar-refractivity contribution in [1.29, 1.82) is 0 Å². The van der Waals surface area contributed by atoms with Crippen molar-refractivity contribution in [2.45, 2.75) is 38.9 Å². The molecule has 0 atom stereocenters. The molecule has 1 radical (unpaired) electrons. The second-order valence-corrected chi connectivity index (χ2v) is 5.84. The Bertz CT molecular complexity index is 69.1. The van der Waals surface area contributed by atoms with E-state index in [1.54, 1.807) is 0 Å². The highest BCUT2D eigenvalue weighted by molar-refractivity contribution is 6.55. The predicted octanol–water partition coefficient (Wildman–Crippen LogP) is 2.71. The van der Waals surface area contributed by atoms with Gasteiger partial charge in [0.15, 0.2) is 0 Å². The van der Waals surface area contributed by atoms with Crippen molar-refractivity contribution >= 4 is 8.80 Å². The fourth-order valence-electron chi connectivity index (χ4n) is 0.774. The molecule has 0 aliphatic heterocycles. The zero-order valence-corrected chi connectivity index (χ0v) is 8.85. The summed E-state index contributed by atoms with van der Waals surface area (Å²) < 4.78 is 5.35. The van der Waals surface area contributed by atoms with E-state index in [0.29, 0.717) is 0 Å². The first kappa shape index (κ1) is 13.7. The zero-order valence-electron chi connectivity index (χ0n) is 7.85. The lowest BCUT2D eigenvalue weighted by Crippen LogP contribution is -2.02. The van der Waals surface area contributed by atoms with Crippen LogP contribution in [0.5, 0.6) is 0 Å². The molecule has 0 bridgehead atoms. The number of rotatable bonds is 6. The van der Waals surface area contributed by atoms with Gasteiger partial charge in [0.1, 0.15) is 0 Å². The summed E-state index contributed by atoms with van der Waals surface area (Å²) in [6, 6.07) is 1.40. The smallest absolute Gasteiger partial charge is 0.0463 e. The monoisotopic (exact) mass is 179 g/mol. The molecule has 1 nitrogen and oxygen atoms in total. The minimum Gasteiger partial charge on any atom is -0.381 e. The topological polar surface area (TPSA) is 9.23 Å². The van der Waals surface area contributed by atoms with Crippen LogP contribution in [0.15, 0.2) is 0 Å².